The van der Waals surface area contributed by atoms with E-state index in [-0.39, 0.29) is 5.41 Å². The fourth-order valence-electron chi connectivity index (χ4n) is 6.90. The predicted molar refractivity (Wildman–Crippen MR) is 190 cm³/mol. The molecule has 6 aromatic carbocycles. The summed E-state index contributed by atoms with van der Waals surface area (Å²) in [6, 6.07) is 48.8. The van der Waals surface area contributed by atoms with Crippen LogP contribution in [0.3, 0.4) is 0 Å². The number of benzene rings is 6. The molecule has 2 heterocycles. The second-order valence-electron chi connectivity index (χ2n) is 12.0. The first-order valence-corrected chi connectivity index (χ1v) is 16.6. The maximum Gasteiger partial charge on any atom is 0.124 e. The van der Waals surface area contributed by atoms with Crippen molar-refractivity contribution in [2.45, 2.75) is 19.3 Å². The van der Waals surface area contributed by atoms with Crippen LogP contribution in [0.25, 0.3) is 52.1 Å². The minimum atomic E-state index is -0.0236. The highest BCUT2D eigenvalue weighted by molar-refractivity contribution is 7.25. The summed E-state index contributed by atoms with van der Waals surface area (Å²) in [5.74, 6) is 0. The Morgan fingerprint density at radius 1 is 0.523 bits per heavy atom. The van der Waals surface area contributed by atoms with Gasteiger partial charge in [-0.15, -0.1) is 22.7 Å². The van der Waals surface area contributed by atoms with Crippen LogP contribution in [0.4, 0.5) is 17.1 Å². The van der Waals surface area contributed by atoms with Crippen LogP contribution in [-0.2, 0) is 5.41 Å². The van der Waals surface area contributed by atoms with Crippen molar-refractivity contribution in [3.05, 3.63) is 145 Å². The zero-order valence-corrected chi connectivity index (χ0v) is 26.0. The van der Waals surface area contributed by atoms with Gasteiger partial charge in [-0.1, -0.05) is 80.6 Å². The van der Waals surface area contributed by atoms with Gasteiger partial charge < -0.3 is 4.90 Å². The van der Waals surface area contributed by atoms with E-state index in [1.807, 2.05) is 11.3 Å². The van der Waals surface area contributed by atoms with Crippen molar-refractivity contribution in [3.8, 4) is 21.7 Å². The fraction of sp³-hybridized carbons (Fsp3) is 0.0750. The molecule has 1 aliphatic rings. The molecule has 0 spiro atoms. The van der Waals surface area contributed by atoms with Crippen molar-refractivity contribution in [2.75, 3.05) is 4.90 Å². The predicted octanol–water partition coefficient (Wildman–Crippen LogP) is 12.1. The average molecular weight is 601 g/mol. The van der Waals surface area contributed by atoms with Gasteiger partial charge in [0.05, 0.1) is 10.2 Å². The number of nitrogens with zero attached hydrogens (tertiary/aromatic N) is 2. The van der Waals surface area contributed by atoms with E-state index in [1.165, 1.54) is 47.1 Å². The van der Waals surface area contributed by atoms with Gasteiger partial charge in [-0.3, -0.25) is 0 Å². The highest BCUT2D eigenvalue weighted by Gasteiger charge is 2.35. The third-order valence-electron chi connectivity index (χ3n) is 9.11. The molecule has 2 aromatic heterocycles. The molecule has 0 saturated carbocycles. The standard InChI is InChI=1S/C40H28N2S2/c1-40(2)33-11-5-3-9-29(33)32-23-27(20-22-34(32)40)42(28-19-21-31-30-10-4-7-13-36(30)43-38(31)24-28)26-17-15-25(16-18-26)39-41-35-12-6-8-14-37(35)44-39/h3-24H,1-2H3. The van der Waals surface area contributed by atoms with Gasteiger partial charge in [0.1, 0.15) is 5.01 Å². The SMILES string of the molecule is CC1(C)c2ccccc2-c2cc(N(c3ccc(-c4nc5ccccc5s4)cc3)c3ccc4c(c3)sc3ccccc34)ccc21. The van der Waals surface area contributed by atoms with Gasteiger partial charge in [0.25, 0.3) is 0 Å². The van der Waals surface area contributed by atoms with Crippen molar-refractivity contribution in [3.63, 3.8) is 0 Å². The van der Waals surface area contributed by atoms with Gasteiger partial charge in [0.2, 0.25) is 0 Å². The van der Waals surface area contributed by atoms with E-state index in [9.17, 15) is 0 Å². The van der Waals surface area contributed by atoms with Gasteiger partial charge in [-0.25, -0.2) is 4.98 Å². The summed E-state index contributed by atoms with van der Waals surface area (Å²) >= 11 is 3.61. The van der Waals surface area contributed by atoms with E-state index in [2.05, 4.69) is 152 Å². The summed E-state index contributed by atoms with van der Waals surface area (Å²) in [5, 5.41) is 3.68. The first kappa shape index (κ1) is 25.7. The lowest BCUT2D eigenvalue weighted by Gasteiger charge is -2.27. The molecule has 0 fully saturated rings. The number of anilines is 3. The Bertz CT molecular complexity index is 2340. The Morgan fingerprint density at radius 2 is 1.18 bits per heavy atom. The van der Waals surface area contributed by atoms with E-state index in [0.29, 0.717) is 0 Å². The van der Waals surface area contributed by atoms with Gasteiger partial charge in [-0.2, -0.15) is 0 Å². The van der Waals surface area contributed by atoms with Crippen LogP contribution in [0, 0.1) is 0 Å². The van der Waals surface area contributed by atoms with E-state index in [1.54, 1.807) is 11.3 Å². The molecule has 44 heavy (non-hydrogen) atoms. The molecule has 9 rings (SSSR count). The highest BCUT2D eigenvalue weighted by Crippen LogP contribution is 2.51. The van der Waals surface area contributed by atoms with Gasteiger partial charge in [0, 0.05) is 48.2 Å². The molecular weight excluding hydrogens is 573 g/mol. The molecule has 0 saturated heterocycles. The number of hydrogen-bond donors (Lipinski definition) is 0. The first-order valence-electron chi connectivity index (χ1n) is 15.0. The van der Waals surface area contributed by atoms with Crippen LogP contribution in [0.15, 0.2) is 133 Å². The average Bonchev–Trinajstić information content (AvgIpc) is 3.72. The van der Waals surface area contributed by atoms with Crippen LogP contribution in [0.2, 0.25) is 0 Å². The maximum atomic E-state index is 4.91. The highest BCUT2D eigenvalue weighted by atomic mass is 32.1. The normalized spacial score (nSPS) is 13.4. The van der Waals surface area contributed by atoms with Gasteiger partial charge >= 0.3 is 0 Å². The molecule has 8 aromatic rings. The number of rotatable bonds is 4. The van der Waals surface area contributed by atoms with Crippen LogP contribution in [-0.4, -0.2) is 4.98 Å². The van der Waals surface area contributed by atoms with E-state index >= 15 is 0 Å². The lowest BCUT2D eigenvalue weighted by Crippen LogP contribution is -2.15. The maximum absolute atomic E-state index is 4.91. The lowest BCUT2D eigenvalue weighted by atomic mass is 9.82. The first-order chi connectivity index (χ1) is 21.5. The zero-order valence-electron chi connectivity index (χ0n) is 24.4. The van der Waals surface area contributed by atoms with Crippen LogP contribution < -0.4 is 4.90 Å². The number of para-hydroxylation sites is 1. The second kappa shape index (κ2) is 9.62. The molecule has 0 amide bonds. The van der Waals surface area contributed by atoms with Crippen LogP contribution in [0.1, 0.15) is 25.0 Å². The second-order valence-corrected chi connectivity index (χ2v) is 14.2. The van der Waals surface area contributed by atoms with E-state index < -0.39 is 0 Å². The lowest BCUT2D eigenvalue weighted by molar-refractivity contribution is 0.660. The van der Waals surface area contributed by atoms with Crippen molar-refractivity contribution in [1.82, 2.24) is 4.98 Å². The summed E-state index contributed by atoms with van der Waals surface area (Å²) in [4.78, 5) is 7.31. The van der Waals surface area contributed by atoms with Crippen LogP contribution in [0.5, 0.6) is 0 Å². The Labute approximate surface area is 264 Å². The molecule has 0 radical (unpaired) electrons. The summed E-state index contributed by atoms with van der Waals surface area (Å²) < 4.78 is 3.83. The summed E-state index contributed by atoms with van der Waals surface area (Å²) in [6.07, 6.45) is 0. The van der Waals surface area contributed by atoms with Crippen molar-refractivity contribution < 1.29 is 0 Å². The molecule has 0 aliphatic heterocycles. The monoisotopic (exact) mass is 600 g/mol. The molecule has 1 aliphatic carbocycles. The number of fused-ring (bicyclic) bond motifs is 7. The smallest absolute Gasteiger partial charge is 0.124 e. The quantitative estimate of drug-likeness (QED) is 0.200. The van der Waals surface area contributed by atoms with E-state index in [4.69, 9.17) is 4.98 Å². The van der Waals surface area contributed by atoms with Crippen molar-refractivity contribution >= 4 is 70.1 Å². The third-order valence-corrected chi connectivity index (χ3v) is 11.3. The van der Waals surface area contributed by atoms with Crippen LogP contribution >= 0.6 is 22.7 Å². The van der Waals surface area contributed by atoms with Crippen molar-refractivity contribution in [1.29, 1.82) is 0 Å². The van der Waals surface area contributed by atoms with Gasteiger partial charge in [0.15, 0.2) is 0 Å². The Kier molecular flexibility index (Phi) is 5.62. The Morgan fingerprint density at radius 3 is 2.05 bits per heavy atom. The summed E-state index contributed by atoms with van der Waals surface area (Å²) in [6.45, 7) is 4.68. The molecule has 0 atom stereocenters. The molecule has 0 unspecified atom stereocenters. The van der Waals surface area contributed by atoms with Gasteiger partial charge in [-0.05, 0) is 89.0 Å². The minimum Gasteiger partial charge on any atom is -0.310 e. The number of thiophene rings is 1. The number of aromatic nitrogens is 1. The Balaban J connectivity index is 1.21. The zero-order chi connectivity index (χ0) is 29.4. The third kappa shape index (κ3) is 3.88. The molecule has 4 heteroatoms. The molecule has 0 N–H and O–H groups in total. The molecule has 210 valence electrons. The fourth-order valence-corrected chi connectivity index (χ4v) is 9.01. The minimum absolute atomic E-state index is 0.0236. The van der Waals surface area contributed by atoms with Crippen molar-refractivity contribution in [2.24, 2.45) is 0 Å². The topological polar surface area (TPSA) is 16.1 Å². The number of thiazole rings is 1. The molecule has 2 nitrogen and oxygen atoms in total. The summed E-state index contributed by atoms with van der Waals surface area (Å²) in [5.41, 5.74) is 11.0. The largest absolute Gasteiger partial charge is 0.310 e. The molecular formula is C40H28N2S2. The molecule has 0 bridgehead atoms. The number of hydrogen-bond acceptors (Lipinski definition) is 4. The Hall–Kier alpha value is -4.77. The summed E-state index contributed by atoms with van der Waals surface area (Å²) in [7, 11) is 0. The van der Waals surface area contributed by atoms with E-state index in [0.717, 1.165) is 33.1 Å².